The van der Waals surface area contributed by atoms with Crippen molar-refractivity contribution in [2.24, 2.45) is 11.3 Å². The van der Waals surface area contributed by atoms with Crippen LogP contribution in [0.5, 0.6) is 0 Å². The standard InChI is InChI=1S/C29H33N3O2S2/c1-6-18-8-10-19(11-9-18)23-17-35-26(32-23)20(15-30)16-31-27-25(28(33)34-7-2)22-13-12-21(29(3,4)5)14-24(22)36-27/h8-11,16-17,21,31H,6-7,12-14H2,1-5H3/b20-16-. The average Bonchev–Trinajstić information content (AvgIpc) is 3.49. The van der Waals surface area contributed by atoms with Crippen LogP contribution in [0.15, 0.2) is 35.8 Å². The molecule has 4 rings (SSSR count). The Hall–Kier alpha value is -2.95. The van der Waals surface area contributed by atoms with E-state index in [0.717, 1.165) is 47.5 Å². The van der Waals surface area contributed by atoms with Crippen molar-refractivity contribution in [2.75, 3.05) is 11.9 Å². The highest BCUT2D eigenvalue weighted by Crippen LogP contribution is 2.44. The lowest BCUT2D eigenvalue weighted by atomic mass is 9.72. The van der Waals surface area contributed by atoms with E-state index < -0.39 is 0 Å². The first-order chi connectivity index (χ1) is 17.2. The van der Waals surface area contributed by atoms with Crippen molar-refractivity contribution >= 4 is 39.2 Å². The molecule has 0 radical (unpaired) electrons. The number of hydrogen-bond acceptors (Lipinski definition) is 7. The summed E-state index contributed by atoms with van der Waals surface area (Å²) in [6.07, 6.45) is 5.54. The van der Waals surface area contributed by atoms with Gasteiger partial charge >= 0.3 is 5.97 Å². The topological polar surface area (TPSA) is 75.0 Å². The minimum Gasteiger partial charge on any atom is -0.462 e. The molecule has 2 heterocycles. The molecule has 0 amide bonds. The molecule has 0 saturated heterocycles. The number of benzene rings is 1. The Morgan fingerprint density at radius 3 is 2.67 bits per heavy atom. The van der Waals surface area contributed by atoms with Crippen molar-refractivity contribution in [3.8, 4) is 17.3 Å². The quantitative estimate of drug-likeness (QED) is 0.255. The number of aryl methyl sites for hydroxylation is 1. The Morgan fingerprint density at radius 1 is 1.28 bits per heavy atom. The summed E-state index contributed by atoms with van der Waals surface area (Å²) in [4.78, 5) is 18.9. The van der Waals surface area contributed by atoms with E-state index in [1.807, 2.05) is 12.3 Å². The van der Waals surface area contributed by atoms with Crippen LogP contribution in [0, 0.1) is 22.7 Å². The number of carbonyl (C=O) groups is 1. The minimum atomic E-state index is -0.300. The maximum absolute atomic E-state index is 12.9. The van der Waals surface area contributed by atoms with Crippen LogP contribution < -0.4 is 5.32 Å². The molecule has 0 saturated carbocycles. The van der Waals surface area contributed by atoms with Crippen LogP contribution in [0.25, 0.3) is 16.8 Å². The van der Waals surface area contributed by atoms with Crippen LogP contribution in [0.2, 0.25) is 0 Å². The fraction of sp³-hybridized carbons (Fsp3) is 0.414. The Balaban J connectivity index is 1.62. The number of nitriles is 1. The molecular weight excluding hydrogens is 486 g/mol. The zero-order valence-corrected chi connectivity index (χ0v) is 23.2. The van der Waals surface area contributed by atoms with Crippen molar-refractivity contribution in [2.45, 2.75) is 60.3 Å². The molecule has 0 fully saturated rings. The Kier molecular flexibility index (Phi) is 7.97. The van der Waals surface area contributed by atoms with E-state index in [1.54, 1.807) is 17.5 Å². The van der Waals surface area contributed by atoms with Gasteiger partial charge in [0.05, 0.1) is 17.9 Å². The Morgan fingerprint density at radius 2 is 2.03 bits per heavy atom. The summed E-state index contributed by atoms with van der Waals surface area (Å²) in [7, 11) is 0. The molecule has 1 N–H and O–H groups in total. The first kappa shape index (κ1) is 26.1. The third-order valence-corrected chi connectivity index (χ3v) is 8.89. The van der Waals surface area contributed by atoms with Crippen LogP contribution in [0.1, 0.15) is 72.4 Å². The summed E-state index contributed by atoms with van der Waals surface area (Å²) >= 11 is 3.05. The van der Waals surface area contributed by atoms with Gasteiger partial charge in [-0.1, -0.05) is 52.0 Å². The van der Waals surface area contributed by atoms with Crippen LogP contribution >= 0.6 is 22.7 Å². The monoisotopic (exact) mass is 519 g/mol. The van der Waals surface area contributed by atoms with Crippen LogP contribution in [0.3, 0.4) is 0 Å². The number of thiazole rings is 1. The zero-order valence-electron chi connectivity index (χ0n) is 21.6. The minimum absolute atomic E-state index is 0.215. The molecule has 1 atom stereocenters. The number of esters is 1. The second kappa shape index (κ2) is 11.0. The van der Waals surface area contributed by atoms with Crippen LogP contribution in [-0.4, -0.2) is 17.6 Å². The summed E-state index contributed by atoms with van der Waals surface area (Å²) in [5.74, 6) is 0.266. The van der Waals surface area contributed by atoms with Crippen molar-refractivity contribution < 1.29 is 9.53 Å². The predicted molar refractivity (Wildman–Crippen MR) is 149 cm³/mol. The van der Waals surface area contributed by atoms with Gasteiger partial charge in [0.2, 0.25) is 0 Å². The number of nitrogens with one attached hydrogen (secondary N) is 1. The molecule has 1 aliphatic carbocycles. The Bertz CT molecular complexity index is 1300. The maximum Gasteiger partial charge on any atom is 0.341 e. The van der Waals surface area contributed by atoms with E-state index in [2.05, 4.69) is 63.3 Å². The Labute approximate surface area is 221 Å². The first-order valence-corrected chi connectivity index (χ1v) is 14.2. The third kappa shape index (κ3) is 5.55. The fourth-order valence-corrected chi connectivity index (χ4v) is 6.65. The molecule has 7 heteroatoms. The van der Waals surface area contributed by atoms with Gasteiger partial charge in [0.1, 0.15) is 21.7 Å². The molecule has 188 valence electrons. The molecule has 3 aromatic rings. The number of anilines is 1. The summed E-state index contributed by atoms with van der Waals surface area (Å²) in [6, 6.07) is 10.6. The van der Waals surface area contributed by atoms with E-state index in [4.69, 9.17) is 9.72 Å². The number of carbonyl (C=O) groups excluding carboxylic acids is 1. The molecule has 0 spiro atoms. The van der Waals surface area contributed by atoms with Gasteiger partial charge in [-0.15, -0.1) is 22.7 Å². The van der Waals surface area contributed by atoms with Gasteiger partial charge < -0.3 is 10.1 Å². The third-order valence-electron chi connectivity index (χ3n) is 6.83. The lowest BCUT2D eigenvalue weighted by Crippen LogP contribution is -2.26. The van der Waals surface area contributed by atoms with E-state index in [0.29, 0.717) is 28.7 Å². The van der Waals surface area contributed by atoms with Gasteiger partial charge in [-0.2, -0.15) is 5.26 Å². The highest BCUT2D eigenvalue weighted by molar-refractivity contribution is 7.16. The summed E-state index contributed by atoms with van der Waals surface area (Å²) < 4.78 is 5.41. The molecule has 0 bridgehead atoms. The molecule has 36 heavy (non-hydrogen) atoms. The van der Waals surface area contributed by atoms with Gasteiger partial charge in [-0.05, 0) is 55.1 Å². The highest BCUT2D eigenvalue weighted by atomic mass is 32.1. The van der Waals surface area contributed by atoms with Crippen LogP contribution in [-0.2, 0) is 24.0 Å². The fourth-order valence-electron chi connectivity index (χ4n) is 4.57. The van der Waals surface area contributed by atoms with E-state index in [-0.39, 0.29) is 11.4 Å². The predicted octanol–water partition coefficient (Wildman–Crippen LogP) is 7.74. The number of allylic oxidation sites excluding steroid dienone is 1. The zero-order chi connectivity index (χ0) is 25.9. The second-order valence-corrected chi connectivity index (χ2v) is 12.1. The number of rotatable bonds is 7. The van der Waals surface area contributed by atoms with Gasteiger partial charge in [0, 0.05) is 22.0 Å². The number of nitrogens with zero attached hydrogens (tertiary/aromatic N) is 2. The lowest BCUT2D eigenvalue weighted by Gasteiger charge is -2.33. The highest BCUT2D eigenvalue weighted by Gasteiger charge is 2.34. The number of aromatic nitrogens is 1. The molecule has 2 aromatic heterocycles. The maximum atomic E-state index is 12.9. The smallest absolute Gasteiger partial charge is 0.341 e. The molecule has 1 aliphatic rings. The lowest BCUT2D eigenvalue weighted by molar-refractivity contribution is 0.0526. The molecule has 1 unspecified atom stereocenters. The number of thiophene rings is 1. The summed E-state index contributed by atoms with van der Waals surface area (Å²) in [6.45, 7) is 11.1. The molecule has 1 aromatic carbocycles. The second-order valence-electron chi connectivity index (χ2n) is 10.1. The molecule has 0 aliphatic heterocycles. The largest absolute Gasteiger partial charge is 0.462 e. The van der Waals surface area contributed by atoms with Crippen molar-refractivity contribution in [1.82, 2.24) is 4.98 Å². The van der Waals surface area contributed by atoms with Crippen LogP contribution in [0.4, 0.5) is 5.00 Å². The molecular formula is C29H33N3O2S2. The van der Waals surface area contributed by atoms with Gasteiger partial charge in [-0.25, -0.2) is 9.78 Å². The van der Waals surface area contributed by atoms with Gasteiger partial charge in [0.15, 0.2) is 0 Å². The molecule has 5 nitrogen and oxygen atoms in total. The number of ether oxygens (including phenoxy) is 1. The number of fused-ring (bicyclic) bond motifs is 1. The SMILES string of the molecule is CCOC(=O)c1c(N/C=C(/C#N)c2nc(-c3ccc(CC)cc3)cs2)sc2c1CCC(C(C)(C)C)C2. The van der Waals surface area contributed by atoms with Gasteiger partial charge in [-0.3, -0.25) is 0 Å². The first-order valence-electron chi connectivity index (χ1n) is 12.5. The average molecular weight is 520 g/mol. The van der Waals surface area contributed by atoms with E-state index in [9.17, 15) is 10.1 Å². The van der Waals surface area contributed by atoms with E-state index in [1.165, 1.54) is 21.8 Å². The van der Waals surface area contributed by atoms with E-state index >= 15 is 0 Å². The summed E-state index contributed by atoms with van der Waals surface area (Å²) in [5, 5.41) is 16.5. The van der Waals surface area contributed by atoms with Crippen molar-refractivity contribution in [1.29, 1.82) is 5.26 Å². The number of hydrogen-bond donors (Lipinski definition) is 1. The normalized spacial score (nSPS) is 15.8. The van der Waals surface area contributed by atoms with Crippen molar-refractivity contribution in [3.63, 3.8) is 0 Å². The van der Waals surface area contributed by atoms with Gasteiger partial charge in [0.25, 0.3) is 0 Å². The van der Waals surface area contributed by atoms with Crippen molar-refractivity contribution in [3.05, 3.63) is 62.4 Å². The summed E-state index contributed by atoms with van der Waals surface area (Å²) in [5.41, 5.74) is 5.53.